The summed E-state index contributed by atoms with van der Waals surface area (Å²) >= 11 is 0. The van der Waals surface area contributed by atoms with Gasteiger partial charge in [0.2, 0.25) is 0 Å². The lowest BCUT2D eigenvalue weighted by Gasteiger charge is -2.04. The molecule has 1 aromatic carbocycles. The molecule has 0 spiro atoms. The van der Waals surface area contributed by atoms with E-state index in [1.54, 1.807) is 0 Å². The molecule has 17 heavy (non-hydrogen) atoms. The zero-order valence-corrected chi connectivity index (χ0v) is 10.7. The molecule has 0 atom stereocenters. The van der Waals surface area contributed by atoms with Gasteiger partial charge in [0.05, 0.1) is 5.69 Å². The number of hydrogen-bond acceptors (Lipinski definition) is 2. The van der Waals surface area contributed by atoms with Crippen LogP contribution in [0.25, 0.3) is 11.1 Å². The van der Waals surface area contributed by atoms with E-state index in [4.69, 9.17) is 5.73 Å². The largest absolute Gasteiger partial charge is 0.326 e. The van der Waals surface area contributed by atoms with Crippen molar-refractivity contribution >= 4 is 0 Å². The summed E-state index contributed by atoms with van der Waals surface area (Å²) in [4.78, 5) is 0. The van der Waals surface area contributed by atoms with Crippen molar-refractivity contribution in [3.05, 3.63) is 41.2 Å². The molecule has 2 aromatic rings. The van der Waals surface area contributed by atoms with Gasteiger partial charge in [0.15, 0.2) is 0 Å². The van der Waals surface area contributed by atoms with Crippen LogP contribution in [-0.4, -0.2) is 9.78 Å². The van der Waals surface area contributed by atoms with Crippen molar-refractivity contribution < 1.29 is 0 Å². The van der Waals surface area contributed by atoms with Crippen LogP contribution in [0.2, 0.25) is 0 Å². The number of hydrogen-bond donors (Lipinski definition) is 1. The van der Waals surface area contributed by atoms with Crippen molar-refractivity contribution in [3.63, 3.8) is 0 Å². The highest BCUT2D eigenvalue weighted by Gasteiger charge is 2.12. The Hall–Kier alpha value is -1.61. The summed E-state index contributed by atoms with van der Waals surface area (Å²) in [6, 6.07) is 8.41. The molecule has 0 saturated carbocycles. The normalized spacial score (nSPS) is 10.8. The van der Waals surface area contributed by atoms with Gasteiger partial charge in [-0.2, -0.15) is 5.10 Å². The van der Waals surface area contributed by atoms with E-state index in [9.17, 15) is 0 Å². The third-order valence-corrected chi connectivity index (χ3v) is 3.16. The molecule has 0 amide bonds. The monoisotopic (exact) mass is 229 g/mol. The second kappa shape index (κ2) is 4.72. The van der Waals surface area contributed by atoms with Crippen LogP contribution >= 0.6 is 0 Å². The Kier molecular flexibility index (Phi) is 3.29. The first-order valence-electron chi connectivity index (χ1n) is 6.00. The van der Waals surface area contributed by atoms with Crippen LogP contribution in [0.1, 0.15) is 23.9 Å². The highest BCUT2D eigenvalue weighted by atomic mass is 15.3. The van der Waals surface area contributed by atoms with Gasteiger partial charge in [0, 0.05) is 24.3 Å². The van der Waals surface area contributed by atoms with Crippen LogP contribution in [-0.2, 0) is 13.1 Å². The highest BCUT2D eigenvalue weighted by molar-refractivity contribution is 5.68. The SMILES string of the molecule is CCn1nc(C)c(-c2ccc(CN)cc2)c1C. The number of nitrogens with zero attached hydrogens (tertiary/aromatic N) is 2. The molecular formula is C14H19N3. The van der Waals surface area contributed by atoms with Crippen molar-refractivity contribution in [2.45, 2.75) is 33.9 Å². The van der Waals surface area contributed by atoms with E-state index in [2.05, 4.69) is 50.1 Å². The minimum atomic E-state index is 0.590. The Morgan fingerprint density at radius 3 is 2.29 bits per heavy atom. The second-order valence-electron chi connectivity index (χ2n) is 4.26. The molecule has 0 radical (unpaired) electrons. The molecule has 2 rings (SSSR count). The first-order valence-corrected chi connectivity index (χ1v) is 6.00. The predicted octanol–water partition coefficient (Wildman–Crippen LogP) is 2.65. The van der Waals surface area contributed by atoms with Crippen LogP contribution in [0.3, 0.4) is 0 Å². The molecule has 2 N–H and O–H groups in total. The molecule has 0 aliphatic heterocycles. The second-order valence-corrected chi connectivity index (χ2v) is 4.26. The van der Waals surface area contributed by atoms with E-state index in [0.29, 0.717) is 6.54 Å². The summed E-state index contributed by atoms with van der Waals surface area (Å²) in [5.74, 6) is 0. The van der Waals surface area contributed by atoms with Gasteiger partial charge in [-0.25, -0.2) is 0 Å². The maximum Gasteiger partial charge on any atom is 0.0674 e. The highest BCUT2D eigenvalue weighted by Crippen LogP contribution is 2.27. The minimum Gasteiger partial charge on any atom is -0.326 e. The molecule has 0 unspecified atom stereocenters. The van der Waals surface area contributed by atoms with E-state index >= 15 is 0 Å². The van der Waals surface area contributed by atoms with Crippen LogP contribution in [0.4, 0.5) is 0 Å². The van der Waals surface area contributed by atoms with Crippen molar-refractivity contribution in [2.24, 2.45) is 5.73 Å². The van der Waals surface area contributed by atoms with Gasteiger partial charge in [0.1, 0.15) is 0 Å². The first kappa shape index (κ1) is 11.9. The summed E-state index contributed by atoms with van der Waals surface area (Å²) in [6.07, 6.45) is 0. The van der Waals surface area contributed by atoms with Gasteiger partial charge in [-0.15, -0.1) is 0 Å². The summed E-state index contributed by atoms with van der Waals surface area (Å²) in [7, 11) is 0. The summed E-state index contributed by atoms with van der Waals surface area (Å²) in [5.41, 5.74) is 11.5. The number of rotatable bonds is 3. The minimum absolute atomic E-state index is 0.590. The quantitative estimate of drug-likeness (QED) is 0.879. The van der Waals surface area contributed by atoms with Gasteiger partial charge in [-0.1, -0.05) is 24.3 Å². The molecule has 0 aliphatic rings. The Morgan fingerprint density at radius 1 is 1.18 bits per heavy atom. The van der Waals surface area contributed by atoms with Crippen LogP contribution < -0.4 is 5.73 Å². The summed E-state index contributed by atoms with van der Waals surface area (Å²) in [5, 5.41) is 4.54. The fraction of sp³-hybridized carbons (Fsp3) is 0.357. The van der Waals surface area contributed by atoms with E-state index in [-0.39, 0.29) is 0 Å². The van der Waals surface area contributed by atoms with Gasteiger partial charge in [0.25, 0.3) is 0 Å². The topological polar surface area (TPSA) is 43.8 Å². The van der Waals surface area contributed by atoms with Crippen LogP contribution in [0, 0.1) is 13.8 Å². The molecule has 0 bridgehead atoms. The number of benzene rings is 1. The maximum atomic E-state index is 5.61. The van der Waals surface area contributed by atoms with Crippen molar-refractivity contribution in [1.29, 1.82) is 0 Å². The van der Waals surface area contributed by atoms with Gasteiger partial charge >= 0.3 is 0 Å². The number of nitrogens with two attached hydrogens (primary N) is 1. The molecule has 3 nitrogen and oxygen atoms in total. The van der Waals surface area contributed by atoms with Gasteiger partial charge < -0.3 is 5.73 Å². The first-order chi connectivity index (χ1) is 8.17. The van der Waals surface area contributed by atoms with E-state index in [0.717, 1.165) is 17.8 Å². The molecule has 0 saturated heterocycles. The molecule has 90 valence electrons. The molecular weight excluding hydrogens is 210 g/mol. The Labute approximate surface area is 102 Å². The summed E-state index contributed by atoms with van der Waals surface area (Å²) in [6.45, 7) is 7.79. The van der Waals surface area contributed by atoms with Crippen LogP contribution in [0.5, 0.6) is 0 Å². The number of aryl methyl sites for hydroxylation is 2. The van der Waals surface area contributed by atoms with Crippen molar-refractivity contribution in [3.8, 4) is 11.1 Å². The van der Waals surface area contributed by atoms with Crippen molar-refractivity contribution in [1.82, 2.24) is 9.78 Å². The predicted molar refractivity (Wildman–Crippen MR) is 70.7 cm³/mol. The average Bonchev–Trinajstić information content (AvgIpc) is 2.64. The van der Waals surface area contributed by atoms with E-state index < -0.39 is 0 Å². The van der Waals surface area contributed by atoms with Gasteiger partial charge in [-0.3, -0.25) is 4.68 Å². The standard InChI is InChI=1S/C14H19N3/c1-4-17-11(3)14(10(2)16-17)13-7-5-12(9-15)6-8-13/h5-8H,4,9,15H2,1-3H3. The van der Waals surface area contributed by atoms with Gasteiger partial charge in [-0.05, 0) is 31.9 Å². The smallest absolute Gasteiger partial charge is 0.0674 e. The summed E-state index contributed by atoms with van der Waals surface area (Å²) < 4.78 is 2.04. The zero-order chi connectivity index (χ0) is 12.4. The fourth-order valence-corrected chi connectivity index (χ4v) is 2.23. The van der Waals surface area contributed by atoms with Crippen LogP contribution in [0.15, 0.2) is 24.3 Å². The van der Waals surface area contributed by atoms with E-state index in [1.807, 2.05) is 4.68 Å². The molecule has 1 heterocycles. The lowest BCUT2D eigenvalue weighted by Crippen LogP contribution is -1.98. The Morgan fingerprint density at radius 2 is 1.82 bits per heavy atom. The average molecular weight is 229 g/mol. The molecule has 3 heteroatoms. The molecule has 1 aromatic heterocycles. The molecule has 0 fully saturated rings. The zero-order valence-electron chi connectivity index (χ0n) is 10.7. The van der Waals surface area contributed by atoms with E-state index in [1.165, 1.54) is 16.8 Å². The lowest BCUT2D eigenvalue weighted by molar-refractivity contribution is 0.634. The maximum absolute atomic E-state index is 5.61. The third-order valence-electron chi connectivity index (χ3n) is 3.16. The number of aromatic nitrogens is 2. The Balaban J connectivity index is 2.48. The lowest BCUT2D eigenvalue weighted by atomic mass is 10.0. The molecule has 0 aliphatic carbocycles. The van der Waals surface area contributed by atoms with Crippen molar-refractivity contribution in [2.75, 3.05) is 0 Å². The fourth-order valence-electron chi connectivity index (χ4n) is 2.23. The third kappa shape index (κ3) is 2.11. The Bertz CT molecular complexity index is 509.